The molecule has 0 aliphatic heterocycles. The summed E-state index contributed by atoms with van der Waals surface area (Å²) >= 11 is 0. The number of rotatable bonds is 8. The molecule has 1 N–H and O–H groups in total. The van der Waals surface area contributed by atoms with Gasteiger partial charge in [-0.2, -0.15) is 0 Å². The molecule has 0 aromatic heterocycles. The van der Waals surface area contributed by atoms with Crippen LogP contribution in [0.25, 0.3) is 0 Å². The van der Waals surface area contributed by atoms with Gasteiger partial charge in [-0.05, 0) is 52.2 Å². The number of anilines is 1. The van der Waals surface area contributed by atoms with Crippen molar-refractivity contribution in [3.63, 3.8) is 0 Å². The Morgan fingerprint density at radius 1 is 1.14 bits per heavy atom. The maximum atomic E-state index is 14.4. The molecule has 120 valence electrons. The lowest BCUT2D eigenvalue weighted by molar-refractivity contribution is 0.370. The topological polar surface area (TPSA) is 18.5 Å². The first-order valence-corrected chi connectivity index (χ1v) is 7.50. The van der Waals surface area contributed by atoms with E-state index < -0.39 is 11.6 Å². The minimum Gasteiger partial charge on any atom is -0.363 e. The SMILES string of the molecule is CCNCc1cc(F)c(N(CC)C(C)CN(C)C)c(F)c1. The number of halogens is 2. The zero-order valence-corrected chi connectivity index (χ0v) is 13.7. The van der Waals surface area contributed by atoms with Crippen LogP contribution in [0.2, 0.25) is 0 Å². The fourth-order valence-corrected chi connectivity index (χ4v) is 2.58. The quantitative estimate of drug-likeness (QED) is 0.796. The number of benzene rings is 1. The van der Waals surface area contributed by atoms with E-state index in [9.17, 15) is 8.78 Å². The molecule has 0 amide bonds. The molecule has 3 nitrogen and oxygen atoms in total. The molecular formula is C16H27F2N3. The van der Waals surface area contributed by atoms with Gasteiger partial charge in [0, 0.05) is 25.7 Å². The molecule has 0 saturated heterocycles. The number of likely N-dealkylation sites (N-methyl/N-ethyl adjacent to an activating group) is 2. The molecule has 0 heterocycles. The Morgan fingerprint density at radius 3 is 2.14 bits per heavy atom. The van der Waals surface area contributed by atoms with E-state index in [0.717, 1.165) is 13.1 Å². The van der Waals surface area contributed by atoms with E-state index in [-0.39, 0.29) is 11.7 Å². The zero-order valence-electron chi connectivity index (χ0n) is 13.7. The van der Waals surface area contributed by atoms with Crippen molar-refractivity contribution in [3.8, 4) is 0 Å². The van der Waals surface area contributed by atoms with E-state index in [0.29, 0.717) is 18.7 Å². The van der Waals surface area contributed by atoms with Gasteiger partial charge in [0.05, 0.1) is 0 Å². The lowest BCUT2D eigenvalue weighted by Crippen LogP contribution is -2.41. The van der Waals surface area contributed by atoms with Crippen LogP contribution >= 0.6 is 0 Å². The summed E-state index contributed by atoms with van der Waals surface area (Å²) < 4.78 is 28.7. The predicted octanol–water partition coefficient (Wildman–Crippen LogP) is 2.85. The molecule has 1 unspecified atom stereocenters. The van der Waals surface area contributed by atoms with Gasteiger partial charge in [-0.25, -0.2) is 8.78 Å². The fraction of sp³-hybridized carbons (Fsp3) is 0.625. The molecule has 0 saturated carbocycles. The molecule has 1 atom stereocenters. The predicted molar refractivity (Wildman–Crippen MR) is 84.8 cm³/mol. The molecule has 0 fully saturated rings. The molecule has 21 heavy (non-hydrogen) atoms. The van der Waals surface area contributed by atoms with E-state index in [1.807, 2.05) is 39.8 Å². The van der Waals surface area contributed by atoms with Crippen LogP contribution in [0.1, 0.15) is 26.3 Å². The first-order valence-electron chi connectivity index (χ1n) is 7.50. The normalized spacial score (nSPS) is 12.8. The Kier molecular flexibility index (Phi) is 7.05. The van der Waals surface area contributed by atoms with Gasteiger partial charge < -0.3 is 15.1 Å². The zero-order chi connectivity index (χ0) is 16.0. The smallest absolute Gasteiger partial charge is 0.149 e. The van der Waals surface area contributed by atoms with Crippen molar-refractivity contribution in [2.45, 2.75) is 33.4 Å². The summed E-state index contributed by atoms with van der Waals surface area (Å²) in [7, 11) is 3.91. The number of nitrogens with zero attached hydrogens (tertiary/aromatic N) is 2. The van der Waals surface area contributed by atoms with Crippen LogP contribution < -0.4 is 10.2 Å². The van der Waals surface area contributed by atoms with Crippen molar-refractivity contribution < 1.29 is 8.78 Å². The standard InChI is InChI=1S/C16H27F2N3/c1-6-19-10-13-8-14(17)16(15(18)9-13)21(7-2)12(3)11-20(4)5/h8-9,12,19H,6-7,10-11H2,1-5H3. The van der Waals surface area contributed by atoms with Gasteiger partial charge in [0.1, 0.15) is 17.3 Å². The average molecular weight is 299 g/mol. The third-order valence-corrected chi connectivity index (χ3v) is 3.45. The number of nitrogens with one attached hydrogen (secondary N) is 1. The molecule has 1 aromatic carbocycles. The molecule has 1 aromatic rings. The number of hydrogen-bond donors (Lipinski definition) is 1. The summed E-state index contributed by atoms with van der Waals surface area (Å²) in [4.78, 5) is 3.80. The fourth-order valence-electron chi connectivity index (χ4n) is 2.58. The Labute approximate surface area is 126 Å². The summed E-state index contributed by atoms with van der Waals surface area (Å²) in [6, 6.07) is 2.88. The Morgan fingerprint density at radius 2 is 1.71 bits per heavy atom. The van der Waals surface area contributed by atoms with Crippen molar-refractivity contribution in [1.29, 1.82) is 0 Å². The van der Waals surface area contributed by atoms with E-state index in [2.05, 4.69) is 5.32 Å². The molecule has 0 radical (unpaired) electrons. The van der Waals surface area contributed by atoms with Crippen molar-refractivity contribution in [1.82, 2.24) is 10.2 Å². The van der Waals surface area contributed by atoms with E-state index in [1.165, 1.54) is 12.1 Å². The molecule has 0 bridgehead atoms. The van der Waals surface area contributed by atoms with Gasteiger partial charge in [0.15, 0.2) is 0 Å². The summed E-state index contributed by atoms with van der Waals surface area (Å²) in [6.07, 6.45) is 0. The highest BCUT2D eigenvalue weighted by Gasteiger charge is 2.21. The van der Waals surface area contributed by atoms with Crippen molar-refractivity contribution in [2.24, 2.45) is 0 Å². The minimum atomic E-state index is -0.490. The van der Waals surface area contributed by atoms with Gasteiger partial charge in [0.25, 0.3) is 0 Å². The molecular weight excluding hydrogens is 272 g/mol. The van der Waals surface area contributed by atoms with Crippen molar-refractivity contribution in [2.75, 3.05) is 38.6 Å². The molecule has 0 aliphatic carbocycles. The van der Waals surface area contributed by atoms with Gasteiger partial charge in [-0.3, -0.25) is 0 Å². The molecule has 1 rings (SSSR count). The first-order chi connectivity index (χ1) is 9.90. The van der Waals surface area contributed by atoms with Crippen LogP contribution in [0.5, 0.6) is 0 Å². The first kappa shape index (κ1) is 17.9. The van der Waals surface area contributed by atoms with Gasteiger partial charge >= 0.3 is 0 Å². The highest BCUT2D eigenvalue weighted by molar-refractivity contribution is 5.51. The largest absolute Gasteiger partial charge is 0.363 e. The van der Waals surface area contributed by atoms with Crippen LogP contribution in [-0.4, -0.2) is 44.7 Å². The summed E-state index contributed by atoms with van der Waals surface area (Å²) in [6.45, 7) is 8.41. The Hall–Kier alpha value is -1.20. The van der Waals surface area contributed by atoms with Crippen LogP contribution in [0.4, 0.5) is 14.5 Å². The second-order valence-electron chi connectivity index (χ2n) is 5.59. The second-order valence-corrected chi connectivity index (χ2v) is 5.59. The maximum absolute atomic E-state index is 14.4. The van der Waals surface area contributed by atoms with Gasteiger partial charge in [-0.15, -0.1) is 0 Å². The van der Waals surface area contributed by atoms with Crippen LogP contribution in [0.3, 0.4) is 0 Å². The monoisotopic (exact) mass is 299 g/mol. The lowest BCUT2D eigenvalue weighted by atomic mass is 10.1. The number of hydrogen-bond acceptors (Lipinski definition) is 3. The second kappa shape index (κ2) is 8.29. The maximum Gasteiger partial charge on any atom is 0.149 e. The lowest BCUT2D eigenvalue weighted by Gasteiger charge is -2.32. The third-order valence-electron chi connectivity index (χ3n) is 3.45. The summed E-state index contributed by atoms with van der Waals surface area (Å²) in [5, 5.41) is 3.08. The third kappa shape index (κ3) is 4.93. The van der Waals surface area contributed by atoms with E-state index in [4.69, 9.17) is 0 Å². The average Bonchev–Trinajstić information content (AvgIpc) is 2.39. The van der Waals surface area contributed by atoms with Crippen LogP contribution in [-0.2, 0) is 6.54 Å². The molecule has 0 spiro atoms. The Bertz CT molecular complexity index is 426. The van der Waals surface area contributed by atoms with Gasteiger partial charge in [0.2, 0.25) is 0 Å². The summed E-state index contributed by atoms with van der Waals surface area (Å²) in [5.74, 6) is -0.981. The minimum absolute atomic E-state index is 0.0358. The van der Waals surface area contributed by atoms with Gasteiger partial charge in [-0.1, -0.05) is 6.92 Å². The highest BCUT2D eigenvalue weighted by Crippen LogP contribution is 2.26. The van der Waals surface area contributed by atoms with Crippen LogP contribution in [0.15, 0.2) is 12.1 Å². The Balaban J connectivity index is 3.04. The van der Waals surface area contributed by atoms with Crippen LogP contribution in [0, 0.1) is 11.6 Å². The van der Waals surface area contributed by atoms with Crippen molar-refractivity contribution in [3.05, 3.63) is 29.3 Å². The van der Waals surface area contributed by atoms with E-state index >= 15 is 0 Å². The molecule has 5 heteroatoms. The van der Waals surface area contributed by atoms with Crippen molar-refractivity contribution >= 4 is 5.69 Å². The van der Waals surface area contributed by atoms with E-state index in [1.54, 1.807) is 4.90 Å². The highest BCUT2D eigenvalue weighted by atomic mass is 19.1. The summed E-state index contributed by atoms with van der Waals surface area (Å²) in [5.41, 5.74) is 0.707. The molecule has 0 aliphatic rings.